The summed E-state index contributed by atoms with van der Waals surface area (Å²) < 4.78 is 19.0. The molecule has 0 radical (unpaired) electrons. The Morgan fingerprint density at radius 2 is 1.64 bits per heavy atom. The van der Waals surface area contributed by atoms with Crippen LogP contribution in [0, 0.1) is 12.7 Å². The van der Waals surface area contributed by atoms with Crippen molar-refractivity contribution in [1.82, 2.24) is 9.80 Å². The number of rotatable bonds is 10. The minimum Gasteiger partial charge on any atom is -0.464 e. The zero-order valence-electron chi connectivity index (χ0n) is 18.9. The molecule has 2 amide bonds. The van der Waals surface area contributed by atoms with Crippen molar-refractivity contribution >= 4 is 11.8 Å². The van der Waals surface area contributed by atoms with Crippen LogP contribution in [0.25, 0.3) is 0 Å². The summed E-state index contributed by atoms with van der Waals surface area (Å²) in [6.07, 6.45) is 2.89. The van der Waals surface area contributed by atoms with Crippen LogP contribution in [0.3, 0.4) is 0 Å². The van der Waals surface area contributed by atoms with Gasteiger partial charge in [0.2, 0.25) is 11.8 Å². The molecule has 172 valence electrons. The lowest BCUT2D eigenvalue weighted by atomic mass is 10.1. The summed E-state index contributed by atoms with van der Waals surface area (Å²) >= 11 is 0. The normalized spacial score (nSPS) is 13.0. The number of benzene rings is 2. The van der Waals surface area contributed by atoms with E-state index in [1.807, 2.05) is 49.4 Å². The van der Waals surface area contributed by atoms with Crippen LogP contribution in [0.4, 0.5) is 4.39 Å². The first-order chi connectivity index (χ1) is 16.0. The Morgan fingerprint density at radius 1 is 0.909 bits per heavy atom. The molecule has 0 spiro atoms. The maximum atomic E-state index is 13.4. The van der Waals surface area contributed by atoms with Crippen molar-refractivity contribution < 1.29 is 18.4 Å². The lowest BCUT2D eigenvalue weighted by molar-refractivity contribution is -0.141. The Kier molecular flexibility index (Phi) is 7.23. The van der Waals surface area contributed by atoms with Crippen LogP contribution in [0.1, 0.15) is 41.9 Å². The third-order valence-corrected chi connectivity index (χ3v) is 5.87. The molecule has 1 aromatic heterocycles. The number of aryl methyl sites for hydroxylation is 2. The van der Waals surface area contributed by atoms with Crippen LogP contribution >= 0.6 is 0 Å². The summed E-state index contributed by atoms with van der Waals surface area (Å²) in [7, 11) is 0. The first-order valence-corrected chi connectivity index (χ1v) is 11.4. The van der Waals surface area contributed by atoms with E-state index in [0.717, 1.165) is 29.7 Å². The number of halogens is 1. The van der Waals surface area contributed by atoms with E-state index in [4.69, 9.17) is 4.42 Å². The van der Waals surface area contributed by atoms with Gasteiger partial charge in [-0.25, -0.2) is 4.39 Å². The molecule has 5 nitrogen and oxygen atoms in total. The standard InChI is InChI=1S/C27H29FN2O3/c1-20-7-15-25(33-20)18-29(17-22-8-11-23(28)12-9-22)27(32)19-30(24-13-14-24)26(31)16-10-21-5-3-2-4-6-21/h2-9,11-12,15,24H,10,13-14,16-19H2,1H3. The summed E-state index contributed by atoms with van der Waals surface area (Å²) in [5.41, 5.74) is 1.93. The molecule has 1 heterocycles. The number of amides is 2. The lowest BCUT2D eigenvalue weighted by Gasteiger charge is -2.27. The van der Waals surface area contributed by atoms with Crippen molar-refractivity contribution in [1.29, 1.82) is 0 Å². The van der Waals surface area contributed by atoms with Gasteiger partial charge in [-0.1, -0.05) is 42.5 Å². The Morgan fingerprint density at radius 3 is 2.27 bits per heavy atom. The van der Waals surface area contributed by atoms with E-state index in [1.54, 1.807) is 21.9 Å². The fourth-order valence-corrected chi connectivity index (χ4v) is 3.89. The van der Waals surface area contributed by atoms with Gasteiger partial charge in [0, 0.05) is 19.0 Å². The molecule has 0 bridgehead atoms. The van der Waals surface area contributed by atoms with Gasteiger partial charge < -0.3 is 14.2 Å². The molecule has 2 aromatic carbocycles. The minimum atomic E-state index is -0.317. The smallest absolute Gasteiger partial charge is 0.242 e. The Hall–Kier alpha value is -3.41. The van der Waals surface area contributed by atoms with E-state index < -0.39 is 0 Å². The zero-order valence-corrected chi connectivity index (χ0v) is 18.9. The molecule has 6 heteroatoms. The summed E-state index contributed by atoms with van der Waals surface area (Å²) in [5, 5.41) is 0. The highest BCUT2D eigenvalue weighted by atomic mass is 19.1. The summed E-state index contributed by atoms with van der Waals surface area (Å²) in [5.74, 6) is 0.993. The molecule has 1 aliphatic rings. The van der Waals surface area contributed by atoms with E-state index in [9.17, 15) is 14.0 Å². The molecule has 33 heavy (non-hydrogen) atoms. The maximum Gasteiger partial charge on any atom is 0.242 e. The molecule has 1 fully saturated rings. The van der Waals surface area contributed by atoms with E-state index in [2.05, 4.69) is 0 Å². The van der Waals surface area contributed by atoms with E-state index in [0.29, 0.717) is 31.7 Å². The van der Waals surface area contributed by atoms with Gasteiger partial charge >= 0.3 is 0 Å². The predicted molar refractivity (Wildman–Crippen MR) is 124 cm³/mol. The second-order valence-electron chi connectivity index (χ2n) is 8.63. The first kappa shape index (κ1) is 22.8. The van der Waals surface area contributed by atoms with Gasteiger partial charge in [0.1, 0.15) is 23.9 Å². The highest BCUT2D eigenvalue weighted by Crippen LogP contribution is 2.28. The van der Waals surface area contributed by atoms with Gasteiger partial charge in [0.05, 0.1) is 6.54 Å². The number of carbonyl (C=O) groups excluding carboxylic acids is 2. The molecule has 1 aliphatic carbocycles. The molecule has 4 rings (SSSR count). The molecule has 0 atom stereocenters. The van der Waals surface area contributed by atoms with Crippen molar-refractivity contribution in [2.75, 3.05) is 6.54 Å². The fourth-order valence-electron chi connectivity index (χ4n) is 3.89. The second-order valence-corrected chi connectivity index (χ2v) is 8.63. The van der Waals surface area contributed by atoms with E-state index >= 15 is 0 Å². The van der Waals surface area contributed by atoms with Gasteiger partial charge in [0.15, 0.2) is 0 Å². The first-order valence-electron chi connectivity index (χ1n) is 11.4. The highest BCUT2D eigenvalue weighted by Gasteiger charge is 2.34. The van der Waals surface area contributed by atoms with Crippen molar-refractivity contribution in [2.45, 2.75) is 51.7 Å². The minimum absolute atomic E-state index is 0.00489. The Bertz CT molecular complexity index is 1070. The average Bonchev–Trinajstić information content (AvgIpc) is 3.58. The fraction of sp³-hybridized carbons (Fsp3) is 0.333. The second kappa shape index (κ2) is 10.5. The van der Waals surface area contributed by atoms with Gasteiger partial charge in [0.25, 0.3) is 0 Å². The van der Waals surface area contributed by atoms with Crippen LogP contribution in [0.15, 0.2) is 71.1 Å². The molecule has 1 saturated carbocycles. The van der Waals surface area contributed by atoms with Crippen molar-refractivity contribution in [3.63, 3.8) is 0 Å². The number of hydrogen-bond donors (Lipinski definition) is 0. The van der Waals surface area contributed by atoms with Crippen LogP contribution in [-0.4, -0.2) is 34.2 Å². The molecule has 3 aromatic rings. The van der Waals surface area contributed by atoms with Crippen LogP contribution in [0.5, 0.6) is 0 Å². The molecular formula is C27H29FN2O3. The summed E-state index contributed by atoms with van der Waals surface area (Å²) in [4.78, 5) is 29.8. The van der Waals surface area contributed by atoms with Gasteiger partial charge in [-0.05, 0) is 61.6 Å². The maximum absolute atomic E-state index is 13.4. The van der Waals surface area contributed by atoms with Crippen molar-refractivity contribution in [2.24, 2.45) is 0 Å². The van der Waals surface area contributed by atoms with Gasteiger partial charge in [-0.3, -0.25) is 9.59 Å². The van der Waals surface area contributed by atoms with Gasteiger partial charge in [-0.2, -0.15) is 0 Å². The monoisotopic (exact) mass is 448 g/mol. The third-order valence-electron chi connectivity index (χ3n) is 5.87. The number of nitrogens with zero attached hydrogens (tertiary/aromatic N) is 2. The molecule has 0 N–H and O–H groups in total. The lowest BCUT2D eigenvalue weighted by Crippen LogP contribution is -2.43. The third kappa shape index (κ3) is 6.54. The Labute approximate surface area is 193 Å². The SMILES string of the molecule is Cc1ccc(CN(Cc2ccc(F)cc2)C(=O)CN(C(=O)CCc2ccccc2)C2CC2)o1. The van der Waals surface area contributed by atoms with Crippen LogP contribution in [-0.2, 0) is 29.1 Å². The Balaban J connectivity index is 1.44. The number of furan rings is 1. The average molecular weight is 449 g/mol. The quantitative estimate of drug-likeness (QED) is 0.444. The van der Waals surface area contributed by atoms with Crippen molar-refractivity contribution in [3.8, 4) is 0 Å². The predicted octanol–water partition coefficient (Wildman–Crippen LogP) is 4.88. The van der Waals surface area contributed by atoms with E-state index in [1.165, 1.54) is 12.1 Å². The zero-order chi connectivity index (χ0) is 23.2. The topological polar surface area (TPSA) is 53.8 Å². The molecule has 0 unspecified atom stereocenters. The summed E-state index contributed by atoms with van der Waals surface area (Å²) in [6, 6.07) is 19.9. The molecular weight excluding hydrogens is 419 g/mol. The van der Waals surface area contributed by atoms with Crippen LogP contribution in [0.2, 0.25) is 0 Å². The summed E-state index contributed by atoms with van der Waals surface area (Å²) in [6.45, 7) is 2.51. The number of hydrogen-bond acceptors (Lipinski definition) is 3. The van der Waals surface area contributed by atoms with Gasteiger partial charge in [-0.15, -0.1) is 0 Å². The van der Waals surface area contributed by atoms with Crippen LogP contribution < -0.4 is 0 Å². The molecule has 0 aliphatic heterocycles. The number of carbonyl (C=O) groups is 2. The highest BCUT2D eigenvalue weighted by molar-refractivity contribution is 5.85. The van der Waals surface area contributed by atoms with E-state index in [-0.39, 0.29) is 30.2 Å². The van der Waals surface area contributed by atoms with Crippen molar-refractivity contribution in [3.05, 3.63) is 95.2 Å². The molecule has 0 saturated heterocycles. The largest absolute Gasteiger partial charge is 0.464 e.